The van der Waals surface area contributed by atoms with Crippen molar-refractivity contribution in [3.05, 3.63) is 71.8 Å². The van der Waals surface area contributed by atoms with E-state index in [9.17, 15) is 9.59 Å². The lowest BCUT2D eigenvalue weighted by Gasteiger charge is -2.06. The molecule has 0 aliphatic heterocycles. The number of benzene rings is 3. The number of hydrogen-bond donors (Lipinski definition) is 0. The molecule has 3 aromatic rings. The Morgan fingerprint density at radius 1 is 0.864 bits per heavy atom. The molecule has 108 valence electrons. The molecule has 3 aromatic carbocycles. The van der Waals surface area contributed by atoms with Crippen LogP contribution in [-0.4, -0.2) is 17.4 Å². The van der Waals surface area contributed by atoms with E-state index in [1.54, 1.807) is 0 Å². The summed E-state index contributed by atoms with van der Waals surface area (Å²) in [5.74, 6) is 0.0791. The lowest BCUT2D eigenvalue weighted by molar-refractivity contribution is 0.102. The number of halogens is 1. The smallest absolute Gasteiger partial charge is 0.173 e. The van der Waals surface area contributed by atoms with Crippen LogP contribution in [0.4, 0.5) is 0 Å². The fourth-order valence-corrected chi connectivity index (χ4v) is 2.75. The fourth-order valence-electron chi connectivity index (χ4n) is 2.43. The van der Waals surface area contributed by atoms with E-state index in [1.807, 2.05) is 54.6 Å². The van der Waals surface area contributed by atoms with Crippen molar-refractivity contribution >= 4 is 38.8 Å². The van der Waals surface area contributed by atoms with E-state index in [4.69, 9.17) is 0 Å². The molecule has 0 spiro atoms. The molecular weight excluding hydrogens is 340 g/mol. The summed E-state index contributed by atoms with van der Waals surface area (Å²) in [6.07, 6.45) is 0.840. The average Bonchev–Trinajstić information content (AvgIpc) is 2.60. The molecule has 0 radical (unpaired) electrons. The predicted molar refractivity (Wildman–Crippen MR) is 92.9 cm³/mol. The minimum absolute atomic E-state index is 0.0791. The minimum atomic E-state index is 0.0791. The molecule has 2 nitrogen and oxygen atoms in total. The van der Waals surface area contributed by atoms with Crippen molar-refractivity contribution < 1.29 is 9.59 Å². The second-order valence-corrected chi connectivity index (χ2v) is 5.63. The highest BCUT2D eigenvalue weighted by molar-refractivity contribution is 9.09. The number of carbonyl (C=O) groups is 2. The van der Waals surface area contributed by atoms with Crippen LogP contribution in [0.2, 0.25) is 0 Å². The van der Waals surface area contributed by atoms with Crippen molar-refractivity contribution in [2.75, 3.05) is 5.33 Å². The Kier molecular flexibility index (Phi) is 4.16. The Morgan fingerprint density at radius 3 is 2.18 bits per heavy atom. The molecule has 0 aromatic heterocycles. The molecule has 0 fully saturated rings. The number of fused-ring (bicyclic) bond motifs is 1. The Bertz CT molecular complexity index is 851. The number of aldehydes is 1. The molecule has 0 unspecified atom stereocenters. The molecule has 0 amide bonds. The summed E-state index contributed by atoms with van der Waals surface area (Å²) in [6.45, 7) is 0. The molecular formula is C19H13BrO2. The second-order valence-electron chi connectivity index (χ2n) is 5.07. The van der Waals surface area contributed by atoms with Gasteiger partial charge in [-0.25, -0.2) is 0 Å². The number of Topliss-reactive ketones (excluding diaryl/α,β-unsaturated/α-hetero) is 1. The molecule has 3 rings (SSSR count). The van der Waals surface area contributed by atoms with Crippen LogP contribution in [0.25, 0.3) is 21.9 Å². The zero-order valence-corrected chi connectivity index (χ0v) is 13.3. The fraction of sp³-hybridized carbons (Fsp3) is 0.0526. The second kappa shape index (κ2) is 6.24. The predicted octanol–water partition coefficient (Wildman–Crippen LogP) is 4.90. The molecule has 22 heavy (non-hydrogen) atoms. The number of ketones is 1. The summed E-state index contributed by atoms with van der Waals surface area (Å²) >= 11 is 3.20. The van der Waals surface area contributed by atoms with Crippen LogP contribution in [0, 0.1) is 0 Å². The van der Waals surface area contributed by atoms with Crippen molar-refractivity contribution in [2.24, 2.45) is 0 Å². The van der Waals surface area contributed by atoms with E-state index >= 15 is 0 Å². The highest BCUT2D eigenvalue weighted by atomic mass is 79.9. The first kappa shape index (κ1) is 14.7. The molecule has 0 bridgehead atoms. The van der Waals surface area contributed by atoms with E-state index in [0.29, 0.717) is 16.5 Å². The van der Waals surface area contributed by atoms with Crippen molar-refractivity contribution in [3.63, 3.8) is 0 Å². The Labute approximate surface area is 136 Å². The molecule has 0 aliphatic rings. The summed E-state index contributed by atoms with van der Waals surface area (Å²) in [6, 6.07) is 19.4. The van der Waals surface area contributed by atoms with E-state index < -0.39 is 0 Å². The maximum Gasteiger partial charge on any atom is 0.173 e. The zero-order valence-electron chi connectivity index (χ0n) is 11.8. The Balaban J connectivity index is 2.02. The third-order valence-corrected chi connectivity index (χ3v) is 4.17. The molecule has 3 heteroatoms. The van der Waals surface area contributed by atoms with Gasteiger partial charge < -0.3 is 0 Å². The Morgan fingerprint density at radius 2 is 1.50 bits per heavy atom. The monoisotopic (exact) mass is 352 g/mol. The van der Waals surface area contributed by atoms with Gasteiger partial charge >= 0.3 is 0 Å². The number of alkyl halides is 1. The average molecular weight is 353 g/mol. The van der Waals surface area contributed by atoms with Crippen LogP contribution >= 0.6 is 15.9 Å². The molecule has 0 aliphatic carbocycles. The van der Waals surface area contributed by atoms with Gasteiger partial charge in [0.25, 0.3) is 0 Å². The SMILES string of the molecule is O=Cc1ccc(-c2ccc3cc(C(=O)CBr)ccc3c2)cc1. The summed E-state index contributed by atoms with van der Waals surface area (Å²) in [7, 11) is 0. The molecule has 0 atom stereocenters. The number of hydrogen-bond acceptors (Lipinski definition) is 2. The van der Waals surface area contributed by atoms with Crippen molar-refractivity contribution in [3.8, 4) is 11.1 Å². The van der Waals surface area contributed by atoms with Crippen molar-refractivity contribution in [2.45, 2.75) is 0 Å². The summed E-state index contributed by atoms with van der Waals surface area (Å²) in [5, 5.41) is 2.46. The van der Waals surface area contributed by atoms with Gasteiger partial charge in [0.2, 0.25) is 0 Å². The lowest BCUT2D eigenvalue weighted by Crippen LogP contribution is -1.99. The van der Waals surface area contributed by atoms with E-state index in [-0.39, 0.29) is 5.78 Å². The first-order valence-corrected chi connectivity index (χ1v) is 8.02. The van der Waals surface area contributed by atoms with Gasteiger partial charge in [0.05, 0.1) is 5.33 Å². The molecule has 0 N–H and O–H groups in total. The van der Waals surface area contributed by atoms with Gasteiger partial charge in [0, 0.05) is 11.1 Å². The first-order valence-electron chi connectivity index (χ1n) is 6.90. The topological polar surface area (TPSA) is 34.1 Å². The van der Waals surface area contributed by atoms with Crippen LogP contribution in [0.3, 0.4) is 0 Å². The van der Waals surface area contributed by atoms with Crippen LogP contribution in [0.5, 0.6) is 0 Å². The maximum atomic E-state index is 11.7. The normalized spacial score (nSPS) is 10.6. The number of carbonyl (C=O) groups excluding carboxylic acids is 2. The van der Waals surface area contributed by atoms with E-state index in [2.05, 4.69) is 22.0 Å². The van der Waals surface area contributed by atoms with Gasteiger partial charge in [-0.15, -0.1) is 0 Å². The Hall–Kier alpha value is -2.26. The van der Waals surface area contributed by atoms with Gasteiger partial charge in [-0.3, -0.25) is 9.59 Å². The highest BCUT2D eigenvalue weighted by Crippen LogP contribution is 2.25. The summed E-state index contributed by atoms with van der Waals surface area (Å²) < 4.78 is 0. The van der Waals surface area contributed by atoms with Crippen molar-refractivity contribution in [1.29, 1.82) is 0 Å². The van der Waals surface area contributed by atoms with Gasteiger partial charge in [-0.2, -0.15) is 0 Å². The largest absolute Gasteiger partial charge is 0.298 e. The third-order valence-electron chi connectivity index (χ3n) is 3.66. The highest BCUT2D eigenvalue weighted by Gasteiger charge is 2.06. The quantitative estimate of drug-likeness (QED) is 0.380. The first-order chi connectivity index (χ1) is 10.7. The maximum absolute atomic E-state index is 11.7. The van der Waals surface area contributed by atoms with Gasteiger partial charge in [-0.05, 0) is 34.0 Å². The van der Waals surface area contributed by atoms with E-state index in [0.717, 1.165) is 28.2 Å². The molecule has 0 saturated heterocycles. The summed E-state index contributed by atoms with van der Waals surface area (Å²) in [5.41, 5.74) is 3.53. The summed E-state index contributed by atoms with van der Waals surface area (Å²) in [4.78, 5) is 22.4. The van der Waals surface area contributed by atoms with Crippen LogP contribution in [-0.2, 0) is 0 Å². The molecule has 0 heterocycles. The third kappa shape index (κ3) is 2.85. The van der Waals surface area contributed by atoms with Crippen LogP contribution in [0.1, 0.15) is 20.7 Å². The van der Waals surface area contributed by atoms with Gasteiger partial charge in [-0.1, -0.05) is 64.5 Å². The number of rotatable bonds is 4. The van der Waals surface area contributed by atoms with Crippen LogP contribution < -0.4 is 0 Å². The lowest BCUT2D eigenvalue weighted by atomic mass is 9.99. The minimum Gasteiger partial charge on any atom is -0.298 e. The van der Waals surface area contributed by atoms with Gasteiger partial charge in [0.15, 0.2) is 5.78 Å². The van der Waals surface area contributed by atoms with Crippen molar-refractivity contribution in [1.82, 2.24) is 0 Å². The van der Waals surface area contributed by atoms with Crippen LogP contribution in [0.15, 0.2) is 60.7 Å². The standard InChI is InChI=1S/C19H13BrO2/c20-11-19(22)18-8-7-16-9-15(5-6-17(16)10-18)14-3-1-13(12-21)2-4-14/h1-10,12H,11H2. The van der Waals surface area contributed by atoms with Gasteiger partial charge in [0.1, 0.15) is 6.29 Å². The zero-order chi connectivity index (χ0) is 15.5. The van der Waals surface area contributed by atoms with E-state index in [1.165, 1.54) is 0 Å². The molecule has 0 saturated carbocycles.